The monoisotopic (exact) mass is 535 g/mol. The Labute approximate surface area is 233 Å². The summed E-state index contributed by atoms with van der Waals surface area (Å²) in [5.74, 6) is 0.511. The van der Waals surface area contributed by atoms with Crippen LogP contribution in [0.15, 0.2) is 54.6 Å². The summed E-state index contributed by atoms with van der Waals surface area (Å²) in [6.07, 6.45) is 5.08. The zero-order valence-electron chi connectivity index (χ0n) is 24.5. The van der Waals surface area contributed by atoms with Gasteiger partial charge >= 0.3 is 0 Å². The highest BCUT2D eigenvalue weighted by atomic mass is 16.5. The van der Waals surface area contributed by atoms with Crippen molar-refractivity contribution in [2.75, 3.05) is 27.8 Å². The van der Waals surface area contributed by atoms with Gasteiger partial charge in [-0.3, -0.25) is 9.59 Å². The van der Waals surface area contributed by atoms with Crippen molar-refractivity contribution in [2.45, 2.75) is 77.5 Å². The smallest absolute Gasteiger partial charge is 0.247 e. The minimum Gasteiger partial charge on any atom is -0.497 e. The van der Waals surface area contributed by atoms with E-state index in [0.717, 1.165) is 53.6 Å². The van der Waals surface area contributed by atoms with Crippen LogP contribution < -0.4 is 10.1 Å². The summed E-state index contributed by atoms with van der Waals surface area (Å²) < 4.78 is 13.0. The Morgan fingerprint density at radius 3 is 2.38 bits per heavy atom. The molecule has 2 atom stereocenters. The van der Waals surface area contributed by atoms with Crippen LogP contribution in [0.1, 0.15) is 59.3 Å². The topological polar surface area (TPSA) is 72.8 Å². The van der Waals surface area contributed by atoms with Crippen LogP contribution in [-0.4, -0.2) is 60.7 Å². The van der Waals surface area contributed by atoms with Gasteiger partial charge in [-0.25, -0.2) is 0 Å². The average Bonchev–Trinajstić information content (AvgIpc) is 3.31. The number of aromatic nitrogens is 1. The number of unbranched alkanes of at least 4 members (excludes halogenated alkanes) is 1. The molecule has 2 unspecified atom stereocenters. The molecule has 0 fully saturated rings. The Bertz CT molecular complexity index is 1220. The minimum absolute atomic E-state index is 0.0510. The zero-order valence-corrected chi connectivity index (χ0v) is 24.5. The summed E-state index contributed by atoms with van der Waals surface area (Å²) in [5, 5.41) is 4.20. The lowest BCUT2D eigenvalue weighted by Gasteiger charge is -2.35. The van der Waals surface area contributed by atoms with Gasteiger partial charge in [0.25, 0.3) is 0 Å². The number of hydrogen-bond acceptors (Lipinski definition) is 4. The van der Waals surface area contributed by atoms with E-state index in [0.29, 0.717) is 19.4 Å². The lowest BCUT2D eigenvalue weighted by atomic mass is 9.91. The third kappa shape index (κ3) is 7.63. The first-order valence-corrected chi connectivity index (χ1v) is 14.1. The molecule has 1 aromatic heterocycles. The maximum atomic E-state index is 13.7. The van der Waals surface area contributed by atoms with Crippen molar-refractivity contribution in [3.63, 3.8) is 0 Å². The molecule has 2 aromatic carbocycles. The molecule has 39 heavy (non-hydrogen) atoms. The number of methoxy groups -OCH3 is 2. The second-order valence-corrected chi connectivity index (χ2v) is 10.5. The van der Waals surface area contributed by atoms with Gasteiger partial charge in [-0.15, -0.1) is 0 Å². The van der Waals surface area contributed by atoms with E-state index in [4.69, 9.17) is 9.47 Å². The third-order valence-corrected chi connectivity index (χ3v) is 7.49. The fourth-order valence-corrected chi connectivity index (χ4v) is 5.17. The number of nitrogens with one attached hydrogen (secondary N) is 1. The molecule has 0 aliphatic carbocycles. The van der Waals surface area contributed by atoms with Gasteiger partial charge in [0.05, 0.1) is 13.2 Å². The van der Waals surface area contributed by atoms with E-state index in [1.54, 1.807) is 19.1 Å². The van der Waals surface area contributed by atoms with Crippen molar-refractivity contribution >= 4 is 22.7 Å². The van der Waals surface area contributed by atoms with Crippen LogP contribution in [-0.2, 0) is 20.9 Å². The van der Waals surface area contributed by atoms with Gasteiger partial charge in [-0.05, 0) is 74.6 Å². The Morgan fingerprint density at radius 1 is 1.03 bits per heavy atom. The second kappa shape index (κ2) is 14.2. The van der Waals surface area contributed by atoms with Crippen LogP contribution in [0.3, 0.4) is 0 Å². The van der Waals surface area contributed by atoms with Crippen molar-refractivity contribution in [3.05, 3.63) is 54.6 Å². The number of ether oxygens (including phenoxy) is 2. The van der Waals surface area contributed by atoms with E-state index in [2.05, 4.69) is 25.2 Å². The molecule has 212 valence electrons. The van der Waals surface area contributed by atoms with Crippen molar-refractivity contribution in [3.8, 4) is 17.0 Å². The van der Waals surface area contributed by atoms with Gasteiger partial charge in [0.1, 0.15) is 17.8 Å². The van der Waals surface area contributed by atoms with E-state index >= 15 is 0 Å². The summed E-state index contributed by atoms with van der Waals surface area (Å²) in [4.78, 5) is 29.1. The number of likely N-dealkylation sites (N-methyl/N-ethyl adjacent to an activating group) is 1. The van der Waals surface area contributed by atoms with E-state index in [1.165, 1.54) is 0 Å². The summed E-state index contributed by atoms with van der Waals surface area (Å²) in [5.41, 5.74) is 1.85. The predicted molar refractivity (Wildman–Crippen MR) is 158 cm³/mol. The number of amides is 2. The minimum atomic E-state index is -1.03. The van der Waals surface area contributed by atoms with Crippen molar-refractivity contribution in [1.29, 1.82) is 0 Å². The number of hydrogen-bond donors (Lipinski definition) is 1. The highest BCUT2D eigenvalue weighted by molar-refractivity contribution is 5.93. The molecule has 2 amide bonds. The number of benzene rings is 2. The molecule has 7 nitrogen and oxygen atoms in total. The molecule has 0 aliphatic rings. The Balaban J connectivity index is 1.90. The number of carbonyl (C=O) groups is 2. The molecule has 3 aromatic rings. The summed E-state index contributed by atoms with van der Waals surface area (Å²) >= 11 is 0. The first-order valence-electron chi connectivity index (χ1n) is 14.1. The molecular formula is C32H45N3O4. The fourth-order valence-electron chi connectivity index (χ4n) is 5.17. The predicted octanol–water partition coefficient (Wildman–Crippen LogP) is 6.05. The number of nitrogens with zero attached hydrogens (tertiary/aromatic N) is 2. The lowest BCUT2D eigenvalue weighted by Crippen LogP contribution is -2.58. The molecule has 7 heteroatoms. The first kappa shape index (κ1) is 30.2. The Morgan fingerprint density at radius 2 is 1.74 bits per heavy atom. The number of fused-ring (bicyclic) bond motifs is 1. The normalized spacial score (nSPS) is 13.6. The summed E-state index contributed by atoms with van der Waals surface area (Å²) in [6.45, 7) is 6.84. The second-order valence-electron chi connectivity index (χ2n) is 10.5. The van der Waals surface area contributed by atoms with E-state index in [-0.39, 0.29) is 24.5 Å². The average molecular weight is 536 g/mol. The molecular weight excluding hydrogens is 490 g/mol. The van der Waals surface area contributed by atoms with Gasteiger partial charge in [0, 0.05) is 37.3 Å². The molecule has 0 bridgehead atoms. The van der Waals surface area contributed by atoms with Gasteiger partial charge < -0.3 is 24.3 Å². The molecule has 0 saturated heterocycles. The Kier molecular flexibility index (Phi) is 11.0. The fraction of sp³-hybridized carbons (Fsp3) is 0.500. The molecule has 0 spiro atoms. The van der Waals surface area contributed by atoms with Crippen LogP contribution in [0.5, 0.6) is 5.75 Å². The van der Waals surface area contributed by atoms with Crippen LogP contribution in [0.2, 0.25) is 0 Å². The van der Waals surface area contributed by atoms with Gasteiger partial charge in [0.15, 0.2) is 0 Å². The molecule has 1 heterocycles. The van der Waals surface area contributed by atoms with E-state index in [1.807, 2.05) is 67.1 Å². The first-order chi connectivity index (χ1) is 18.8. The van der Waals surface area contributed by atoms with Gasteiger partial charge in [0.2, 0.25) is 11.8 Å². The highest BCUT2D eigenvalue weighted by Crippen LogP contribution is 2.30. The van der Waals surface area contributed by atoms with Gasteiger partial charge in [-0.1, -0.05) is 44.9 Å². The Hall–Kier alpha value is -3.32. The number of rotatable bonds is 15. The van der Waals surface area contributed by atoms with Crippen molar-refractivity contribution < 1.29 is 19.1 Å². The summed E-state index contributed by atoms with van der Waals surface area (Å²) in [6, 6.07) is 18.0. The molecule has 1 N–H and O–H groups in total. The summed E-state index contributed by atoms with van der Waals surface area (Å²) in [7, 11) is 5.18. The number of para-hydroxylation sites is 1. The molecule has 3 rings (SSSR count). The van der Waals surface area contributed by atoms with Crippen molar-refractivity contribution in [2.24, 2.45) is 0 Å². The zero-order chi connectivity index (χ0) is 28.4. The number of carbonyl (C=O) groups excluding carboxylic acids is 2. The van der Waals surface area contributed by atoms with Crippen molar-refractivity contribution in [1.82, 2.24) is 14.8 Å². The van der Waals surface area contributed by atoms with Crippen LogP contribution in [0.4, 0.5) is 0 Å². The maximum absolute atomic E-state index is 13.7. The van der Waals surface area contributed by atoms with E-state index < -0.39 is 5.54 Å². The molecule has 0 saturated carbocycles. The van der Waals surface area contributed by atoms with Gasteiger partial charge in [-0.2, -0.15) is 0 Å². The quantitative estimate of drug-likeness (QED) is 0.257. The standard InChI is InChI=1S/C32H45N3O4/c1-7-9-21-34(4)31(37)32(3,20-19-26(38-5)12-8-2)33-30(36)23-35-28-14-11-10-13-25(28)22-29(35)24-15-17-27(39-6)18-16-24/h10-11,13-18,22,26H,7-9,12,19-21,23H2,1-6H3,(H,33,36). The highest BCUT2D eigenvalue weighted by Gasteiger charge is 2.37. The lowest BCUT2D eigenvalue weighted by molar-refractivity contribution is -0.141. The van der Waals surface area contributed by atoms with Crippen LogP contribution >= 0.6 is 0 Å². The third-order valence-electron chi connectivity index (χ3n) is 7.49. The van der Waals surface area contributed by atoms with Crippen LogP contribution in [0, 0.1) is 0 Å². The molecule has 0 radical (unpaired) electrons. The largest absolute Gasteiger partial charge is 0.497 e. The van der Waals surface area contributed by atoms with Crippen LogP contribution in [0.25, 0.3) is 22.2 Å². The SMILES string of the molecule is CCCCN(C)C(=O)C(C)(CCC(CCC)OC)NC(=O)Cn1c(-c2ccc(OC)cc2)cc2ccccc21. The van der Waals surface area contributed by atoms with E-state index in [9.17, 15) is 9.59 Å². The maximum Gasteiger partial charge on any atom is 0.247 e. The molecule has 0 aliphatic heterocycles.